The molecular formula is C27H30ClN5O3S. The van der Waals surface area contributed by atoms with E-state index in [1.165, 1.54) is 11.8 Å². The van der Waals surface area contributed by atoms with Crippen LogP contribution in [0.25, 0.3) is 0 Å². The van der Waals surface area contributed by atoms with Crippen LogP contribution < -0.4 is 10.1 Å². The summed E-state index contributed by atoms with van der Waals surface area (Å²) in [6.45, 7) is 8.57. The van der Waals surface area contributed by atoms with Crippen molar-refractivity contribution >= 4 is 41.0 Å². The van der Waals surface area contributed by atoms with E-state index in [9.17, 15) is 9.59 Å². The number of halogens is 1. The molecule has 1 unspecified atom stereocenters. The van der Waals surface area contributed by atoms with Crippen molar-refractivity contribution in [1.29, 1.82) is 0 Å². The van der Waals surface area contributed by atoms with Crippen molar-refractivity contribution in [1.82, 2.24) is 19.7 Å². The van der Waals surface area contributed by atoms with Crippen LogP contribution in [0.2, 0.25) is 5.02 Å². The third kappa shape index (κ3) is 5.99. The predicted octanol–water partition coefficient (Wildman–Crippen LogP) is 5.35. The van der Waals surface area contributed by atoms with Crippen molar-refractivity contribution < 1.29 is 14.3 Å². The van der Waals surface area contributed by atoms with Gasteiger partial charge in [0, 0.05) is 35.1 Å². The summed E-state index contributed by atoms with van der Waals surface area (Å²) in [6, 6.07) is 14.7. The number of anilines is 1. The Bertz CT molecular complexity index is 1320. The lowest BCUT2D eigenvalue weighted by atomic mass is 9.93. The van der Waals surface area contributed by atoms with E-state index in [0.717, 1.165) is 16.8 Å². The largest absolute Gasteiger partial charge is 0.484 e. The zero-order valence-corrected chi connectivity index (χ0v) is 22.9. The van der Waals surface area contributed by atoms with Gasteiger partial charge in [0.1, 0.15) is 11.8 Å². The molecule has 0 saturated carbocycles. The molecule has 1 N–H and O–H groups in total. The number of fused-ring (bicyclic) bond motifs is 1. The number of hydrogen-bond acceptors (Lipinski definition) is 7. The minimum Gasteiger partial charge on any atom is -0.484 e. The molecule has 3 aromatic rings. The van der Waals surface area contributed by atoms with E-state index < -0.39 is 6.04 Å². The van der Waals surface area contributed by atoms with Crippen molar-refractivity contribution in [3.8, 4) is 5.75 Å². The fourth-order valence-corrected chi connectivity index (χ4v) is 5.39. The van der Waals surface area contributed by atoms with Crippen LogP contribution in [0.1, 0.15) is 44.9 Å². The summed E-state index contributed by atoms with van der Waals surface area (Å²) in [5, 5.41) is 9.25. The van der Waals surface area contributed by atoms with Gasteiger partial charge in [0.15, 0.2) is 12.4 Å². The van der Waals surface area contributed by atoms with Crippen molar-refractivity contribution in [3.63, 3.8) is 0 Å². The summed E-state index contributed by atoms with van der Waals surface area (Å²) in [6.07, 6.45) is 0. The Balaban J connectivity index is 1.56. The van der Waals surface area contributed by atoms with Crippen LogP contribution >= 0.6 is 23.4 Å². The van der Waals surface area contributed by atoms with Gasteiger partial charge in [0.05, 0.1) is 0 Å². The number of hydrogen-bond donors (Lipinski definition) is 1. The Labute approximate surface area is 226 Å². The number of carbonyl (C=O) groups is 2. The van der Waals surface area contributed by atoms with Crippen LogP contribution in [0.3, 0.4) is 0 Å². The van der Waals surface area contributed by atoms with E-state index in [4.69, 9.17) is 21.4 Å². The number of allylic oxidation sites excluding steroid dienone is 2. The molecule has 8 nitrogen and oxygen atoms in total. The normalized spacial score (nSPS) is 14.7. The lowest BCUT2D eigenvalue weighted by Gasteiger charge is -2.28. The number of carbonyl (C=O) groups excluding carboxylic acids is 2. The van der Waals surface area contributed by atoms with E-state index in [1.54, 1.807) is 16.5 Å². The average molecular weight is 540 g/mol. The Kier molecular flexibility index (Phi) is 8.56. The van der Waals surface area contributed by atoms with Crippen LogP contribution in [-0.2, 0) is 15.3 Å². The Morgan fingerprint density at radius 2 is 1.84 bits per heavy atom. The molecular weight excluding hydrogens is 510 g/mol. The Hall–Kier alpha value is -3.30. The van der Waals surface area contributed by atoms with E-state index >= 15 is 0 Å². The highest BCUT2D eigenvalue weighted by Crippen LogP contribution is 2.37. The summed E-state index contributed by atoms with van der Waals surface area (Å²) in [7, 11) is 0. The minimum atomic E-state index is -0.442. The predicted molar refractivity (Wildman–Crippen MR) is 146 cm³/mol. The summed E-state index contributed by atoms with van der Waals surface area (Å²) in [5.41, 5.74) is 3.22. The molecule has 2 aromatic carbocycles. The fraction of sp³-hybridized carbons (Fsp3) is 0.333. The molecule has 4 rings (SSSR count). The van der Waals surface area contributed by atoms with Crippen molar-refractivity contribution in [2.45, 2.75) is 44.6 Å². The van der Waals surface area contributed by atoms with Crippen LogP contribution in [0, 0.1) is 0 Å². The molecule has 0 saturated heterocycles. The third-order valence-electron chi connectivity index (χ3n) is 6.20. The molecule has 0 radical (unpaired) electrons. The molecule has 0 spiro atoms. The molecule has 194 valence electrons. The van der Waals surface area contributed by atoms with Gasteiger partial charge in [-0.05, 0) is 57.0 Å². The maximum Gasteiger partial charge on any atom is 0.260 e. The smallest absolute Gasteiger partial charge is 0.260 e. The Morgan fingerprint density at radius 3 is 2.49 bits per heavy atom. The number of amides is 1. The highest BCUT2D eigenvalue weighted by atomic mass is 35.5. The second-order valence-corrected chi connectivity index (χ2v) is 9.94. The first-order valence-corrected chi connectivity index (χ1v) is 13.5. The number of ether oxygens (including phenoxy) is 1. The summed E-state index contributed by atoms with van der Waals surface area (Å²) in [5.74, 6) is 1.67. The lowest BCUT2D eigenvalue weighted by molar-refractivity contribution is -0.133. The lowest BCUT2D eigenvalue weighted by Crippen LogP contribution is -2.34. The van der Waals surface area contributed by atoms with Gasteiger partial charge < -0.3 is 15.0 Å². The van der Waals surface area contributed by atoms with Crippen LogP contribution in [0.15, 0.2) is 65.0 Å². The zero-order valence-electron chi connectivity index (χ0n) is 21.3. The van der Waals surface area contributed by atoms with E-state index in [0.29, 0.717) is 46.3 Å². The number of nitrogens with one attached hydrogen (secondary N) is 1. The molecule has 0 fully saturated rings. The van der Waals surface area contributed by atoms with Gasteiger partial charge in [0.2, 0.25) is 11.1 Å². The second kappa shape index (κ2) is 11.8. The summed E-state index contributed by atoms with van der Waals surface area (Å²) in [4.78, 5) is 31.3. The first kappa shape index (κ1) is 26.8. The van der Waals surface area contributed by atoms with E-state index in [-0.39, 0.29) is 18.3 Å². The van der Waals surface area contributed by atoms with Crippen molar-refractivity contribution in [2.75, 3.05) is 25.0 Å². The number of Topliss-reactive ketones (excluding diaryl/α,β-unsaturated/α-hetero) is 1. The molecule has 1 aliphatic rings. The number of ketones is 1. The second-order valence-electron chi connectivity index (χ2n) is 8.59. The van der Waals surface area contributed by atoms with Gasteiger partial charge in [-0.15, -0.1) is 5.10 Å². The zero-order chi connectivity index (χ0) is 26.5. The molecule has 37 heavy (non-hydrogen) atoms. The number of likely N-dealkylation sites (N-methyl/N-ethyl adjacent to an activating group) is 1. The highest BCUT2D eigenvalue weighted by molar-refractivity contribution is 7.98. The standard InChI is InChI=1S/C27H30ClN5O3S/c1-5-32(6-2)23(35)15-36-21-13-11-19(12-14-21)25-24(18(4)34)17(3)29-26-30-27(31-33(25)26)37-16-20-9-7-8-10-22(20)28/h7-14,25H,5-6,15-16H2,1-4H3,(H,29,30,31). The fourth-order valence-electron chi connectivity index (χ4n) is 4.27. The first-order valence-electron chi connectivity index (χ1n) is 12.1. The minimum absolute atomic E-state index is 0.0225. The molecule has 1 atom stereocenters. The van der Waals surface area contributed by atoms with E-state index in [2.05, 4.69) is 10.3 Å². The highest BCUT2D eigenvalue weighted by Gasteiger charge is 2.32. The van der Waals surface area contributed by atoms with Crippen LogP contribution in [-0.4, -0.2) is 51.1 Å². The summed E-state index contributed by atoms with van der Waals surface area (Å²) >= 11 is 7.78. The third-order valence-corrected chi connectivity index (χ3v) is 7.46. The molecule has 0 bridgehead atoms. The number of thioether (sulfide) groups is 1. The van der Waals surface area contributed by atoms with Crippen molar-refractivity contribution in [2.24, 2.45) is 0 Å². The maximum absolute atomic E-state index is 12.7. The summed E-state index contributed by atoms with van der Waals surface area (Å²) < 4.78 is 7.46. The molecule has 2 heterocycles. The molecule has 1 aliphatic heterocycles. The molecule has 1 amide bonds. The number of benzene rings is 2. The van der Waals surface area contributed by atoms with Crippen LogP contribution in [0.5, 0.6) is 5.75 Å². The van der Waals surface area contributed by atoms with Gasteiger partial charge in [0.25, 0.3) is 5.91 Å². The van der Waals surface area contributed by atoms with Gasteiger partial charge in [-0.1, -0.05) is 53.7 Å². The maximum atomic E-state index is 12.7. The molecule has 10 heteroatoms. The van der Waals surface area contributed by atoms with E-state index in [1.807, 2.05) is 69.3 Å². The SMILES string of the molecule is CCN(CC)C(=O)COc1ccc(C2C(C(C)=O)=C(C)Nc3nc(SCc4ccccc4Cl)nn32)cc1. The first-order chi connectivity index (χ1) is 17.8. The van der Waals surface area contributed by atoms with Crippen LogP contribution in [0.4, 0.5) is 5.95 Å². The monoisotopic (exact) mass is 539 g/mol. The van der Waals surface area contributed by atoms with Gasteiger partial charge in [-0.3, -0.25) is 9.59 Å². The number of nitrogens with zero attached hydrogens (tertiary/aromatic N) is 4. The molecule has 0 aliphatic carbocycles. The Morgan fingerprint density at radius 1 is 1.14 bits per heavy atom. The quantitative estimate of drug-likeness (QED) is 0.347. The van der Waals surface area contributed by atoms with Crippen molar-refractivity contribution in [3.05, 3.63) is 76.0 Å². The topological polar surface area (TPSA) is 89.3 Å². The average Bonchev–Trinajstić information content (AvgIpc) is 3.29. The molecule has 1 aromatic heterocycles. The number of rotatable bonds is 10. The van der Waals surface area contributed by atoms with Gasteiger partial charge in [-0.25, -0.2) is 4.68 Å². The van der Waals surface area contributed by atoms with Gasteiger partial charge >= 0.3 is 0 Å². The van der Waals surface area contributed by atoms with Gasteiger partial charge in [-0.2, -0.15) is 4.98 Å². The number of aromatic nitrogens is 3.